The molecule has 100 valence electrons. The van der Waals surface area contributed by atoms with Gasteiger partial charge in [0.15, 0.2) is 0 Å². The summed E-state index contributed by atoms with van der Waals surface area (Å²) in [5, 5.41) is 14.9. The topological polar surface area (TPSA) is 61.4 Å². The van der Waals surface area contributed by atoms with E-state index in [9.17, 15) is 14.3 Å². The van der Waals surface area contributed by atoms with Crippen molar-refractivity contribution in [2.24, 2.45) is 0 Å². The van der Waals surface area contributed by atoms with Crippen LogP contribution in [0.5, 0.6) is 0 Å². The molecular formula is C12H16ClFN2O2. The molecule has 2 rings (SSSR count). The van der Waals surface area contributed by atoms with Crippen LogP contribution in [0.3, 0.4) is 0 Å². The number of benzene rings is 1. The zero-order valence-electron chi connectivity index (χ0n) is 9.94. The van der Waals surface area contributed by atoms with E-state index in [4.69, 9.17) is 0 Å². The van der Waals surface area contributed by atoms with Gasteiger partial charge in [0.2, 0.25) is 5.91 Å². The Morgan fingerprint density at radius 3 is 2.89 bits per heavy atom. The van der Waals surface area contributed by atoms with E-state index < -0.39 is 12.1 Å². The Balaban J connectivity index is 0.00000162. The number of aliphatic hydroxyl groups excluding tert-OH is 1. The summed E-state index contributed by atoms with van der Waals surface area (Å²) in [6, 6.07) is 4.15. The standard InChI is InChI=1S/C12H15FN2O2.ClH/c1-7-9(13)3-2-4-10(7)15-12(17)11-5-8(16)6-14-11;/h2-4,8,11,14,16H,5-6H2,1H3,(H,15,17);1H. The second-order valence-corrected chi connectivity index (χ2v) is 4.25. The zero-order valence-corrected chi connectivity index (χ0v) is 10.8. The summed E-state index contributed by atoms with van der Waals surface area (Å²) in [6.07, 6.45) is -0.0976. The van der Waals surface area contributed by atoms with E-state index in [0.717, 1.165) is 0 Å². The van der Waals surface area contributed by atoms with Crippen molar-refractivity contribution in [3.63, 3.8) is 0 Å². The van der Waals surface area contributed by atoms with Crippen molar-refractivity contribution in [1.82, 2.24) is 5.32 Å². The number of carbonyl (C=O) groups excluding carboxylic acids is 1. The maximum Gasteiger partial charge on any atom is 0.241 e. The number of amides is 1. The third kappa shape index (κ3) is 3.19. The van der Waals surface area contributed by atoms with Crippen molar-refractivity contribution < 1.29 is 14.3 Å². The first-order valence-electron chi connectivity index (χ1n) is 5.55. The summed E-state index contributed by atoms with van der Waals surface area (Å²) < 4.78 is 13.3. The van der Waals surface area contributed by atoms with E-state index in [1.165, 1.54) is 6.07 Å². The normalized spacial score (nSPS) is 22.4. The van der Waals surface area contributed by atoms with Crippen LogP contribution in [-0.4, -0.2) is 29.7 Å². The van der Waals surface area contributed by atoms with Gasteiger partial charge in [0.1, 0.15) is 5.82 Å². The van der Waals surface area contributed by atoms with E-state index in [-0.39, 0.29) is 24.1 Å². The molecule has 1 aliphatic rings. The molecule has 1 fully saturated rings. The molecule has 1 aliphatic heterocycles. The SMILES string of the molecule is Cc1c(F)cccc1NC(=O)C1CC(O)CN1.Cl. The lowest BCUT2D eigenvalue weighted by molar-refractivity contribution is -0.117. The molecule has 18 heavy (non-hydrogen) atoms. The molecule has 1 saturated heterocycles. The first-order chi connectivity index (χ1) is 8.08. The highest BCUT2D eigenvalue weighted by Crippen LogP contribution is 2.18. The monoisotopic (exact) mass is 274 g/mol. The Morgan fingerprint density at radius 2 is 2.28 bits per heavy atom. The van der Waals surface area contributed by atoms with Crippen molar-refractivity contribution in [3.8, 4) is 0 Å². The molecule has 0 aromatic heterocycles. The number of halogens is 2. The summed E-state index contributed by atoms with van der Waals surface area (Å²) in [5.74, 6) is -0.586. The highest BCUT2D eigenvalue weighted by molar-refractivity contribution is 5.95. The van der Waals surface area contributed by atoms with Crippen LogP contribution in [0.4, 0.5) is 10.1 Å². The zero-order chi connectivity index (χ0) is 12.4. The van der Waals surface area contributed by atoms with E-state index in [2.05, 4.69) is 10.6 Å². The van der Waals surface area contributed by atoms with Crippen LogP contribution in [0.1, 0.15) is 12.0 Å². The summed E-state index contributed by atoms with van der Waals surface area (Å²) >= 11 is 0. The summed E-state index contributed by atoms with van der Waals surface area (Å²) in [6.45, 7) is 2.03. The average molecular weight is 275 g/mol. The first-order valence-corrected chi connectivity index (χ1v) is 5.55. The van der Waals surface area contributed by atoms with Crippen LogP contribution in [0.15, 0.2) is 18.2 Å². The van der Waals surface area contributed by atoms with Crippen LogP contribution in [0.2, 0.25) is 0 Å². The lowest BCUT2D eigenvalue weighted by Crippen LogP contribution is -2.35. The van der Waals surface area contributed by atoms with E-state index in [1.54, 1.807) is 19.1 Å². The summed E-state index contributed by atoms with van der Waals surface area (Å²) in [7, 11) is 0. The number of hydrogen-bond acceptors (Lipinski definition) is 3. The maximum absolute atomic E-state index is 13.3. The molecular weight excluding hydrogens is 259 g/mol. The Bertz CT molecular complexity index is 442. The van der Waals surface area contributed by atoms with E-state index in [1.807, 2.05) is 0 Å². The van der Waals surface area contributed by atoms with Crippen molar-refractivity contribution in [2.75, 3.05) is 11.9 Å². The number of β-amino-alcohol motifs (C(OH)–C–C–N with tert-alkyl or cyclic N) is 1. The fraction of sp³-hybridized carbons (Fsp3) is 0.417. The molecule has 4 nitrogen and oxygen atoms in total. The smallest absolute Gasteiger partial charge is 0.241 e. The molecule has 0 saturated carbocycles. The van der Waals surface area contributed by atoms with E-state index >= 15 is 0 Å². The predicted molar refractivity (Wildman–Crippen MR) is 69.4 cm³/mol. The Kier molecular flexibility index (Phi) is 5.07. The van der Waals surface area contributed by atoms with Gasteiger partial charge in [-0.25, -0.2) is 4.39 Å². The molecule has 0 bridgehead atoms. The van der Waals surface area contributed by atoms with Crippen LogP contribution in [0.25, 0.3) is 0 Å². The molecule has 1 amide bonds. The minimum atomic E-state index is -0.487. The predicted octanol–water partition coefficient (Wildman–Crippen LogP) is 1.22. The number of hydrogen-bond donors (Lipinski definition) is 3. The van der Waals surface area contributed by atoms with Crippen LogP contribution < -0.4 is 10.6 Å². The van der Waals surface area contributed by atoms with Gasteiger partial charge in [0.05, 0.1) is 12.1 Å². The quantitative estimate of drug-likeness (QED) is 0.760. The molecule has 2 atom stereocenters. The van der Waals surface area contributed by atoms with Gasteiger partial charge in [-0.2, -0.15) is 0 Å². The van der Waals surface area contributed by atoms with Crippen molar-refractivity contribution in [2.45, 2.75) is 25.5 Å². The molecule has 1 aromatic rings. The number of rotatable bonds is 2. The van der Waals surface area contributed by atoms with Gasteiger partial charge in [-0.15, -0.1) is 12.4 Å². The highest BCUT2D eigenvalue weighted by atomic mass is 35.5. The summed E-state index contributed by atoms with van der Waals surface area (Å²) in [5.41, 5.74) is 0.887. The Labute approximate surface area is 111 Å². The summed E-state index contributed by atoms with van der Waals surface area (Å²) in [4.78, 5) is 11.8. The van der Waals surface area contributed by atoms with Gasteiger partial charge in [-0.05, 0) is 25.5 Å². The van der Waals surface area contributed by atoms with Crippen LogP contribution in [-0.2, 0) is 4.79 Å². The number of carbonyl (C=O) groups is 1. The molecule has 3 N–H and O–H groups in total. The van der Waals surface area contributed by atoms with Crippen molar-refractivity contribution >= 4 is 24.0 Å². The van der Waals surface area contributed by atoms with Gasteiger partial charge in [0, 0.05) is 17.8 Å². The lowest BCUT2D eigenvalue weighted by atomic mass is 10.1. The molecule has 0 spiro atoms. The Hall–Kier alpha value is -1.17. The van der Waals surface area contributed by atoms with Gasteiger partial charge in [-0.3, -0.25) is 4.79 Å². The fourth-order valence-corrected chi connectivity index (χ4v) is 1.88. The molecule has 0 aliphatic carbocycles. The minimum absolute atomic E-state index is 0. The number of anilines is 1. The van der Waals surface area contributed by atoms with Crippen molar-refractivity contribution in [3.05, 3.63) is 29.6 Å². The minimum Gasteiger partial charge on any atom is -0.392 e. The van der Waals surface area contributed by atoms with Crippen LogP contribution in [0, 0.1) is 12.7 Å². The molecule has 0 radical (unpaired) electrons. The number of aliphatic hydroxyl groups is 1. The molecule has 1 heterocycles. The molecule has 1 aromatic carbocycles. The van der Waals surface area contributed by atoms with Gasteiger partial charge < -0.3 is 15.7 Å². The molecule has 6 heteroatoms. The van der Waals surface area contributed by atoms with Crippen LogP contribution >= 0.6 is 12.4 Å². The third-order valence-corrected chi connectivity index (χ3v) is 2.95. The largest absolute Gasteiger partial charge is 0.392 e. The second kappa shape index (κ2) is 6.13. The third-order valence-electron chi connectivity index (χ3n) is 2.95. The van der Waals surface area contributed by atoms with Crippen molar-refractivity contribution in [1.29, 1.82) is 0 Å². The first kappa shape index (κ1) is 14.9. The lowest BCUT2D eigenvalue weighted by Gasteiger charge is -2.13. The maximum atomic E-state index is 13.3. The average Bonchev–Trinajstić information content (AvgIpc) is 2.72. The highest BCUT2D eigenvalue weighted by Gasteiger charge is 2.28. The molecule has 2 unspecified atom stereocenters. The second-order valence-electron chi connectivity index (χ2n) is 4.25. The van der Waals surface area contributed by atoms with E-state index in [0.29, 0.717) is 24.2 Å². The van der Waals surface area contributed by atoms with Gasteiger partial charge in [-0.1, -0.05) is 6.07 Å². The van der Waals surface area contributed by atoms with Gasteiger partial charge >= 0.3 is 0 Å². The van der Waals surface area contributed by atoms with Gasteiger partial charge in [0.25, 0.3) is 0 Å². The number of nitrogens with one attached hydrogen (secondary N) is 2. The Morgan fingerprint density at radius 1 is 1.56 bits per heavy atom. The fourth-order valence-electron chi connectivity index (χ4n) is 1.88.